The fraction of sp³-hybridized carbons (Fsp3) is 0.500. The number of piperazine rings is 1. The van der Waals surface area contributed by atoms with Gasteiger partial charge < -0.3 is 24.0 Å². The number of aromatic nitrogens is 3. The van der Waals surface area contributed by atoms with Gasteiger partial charge in [-0.1, -0.05) is 44.1 Å². The minimum atomic E-state index is -0.514. The lowest BCUT2D eigenvalue weighted by atomic mass is 9.97. The van der Waals surface area contributed by atoms with Gasteiger partial charge in [0.05, 0.1) is 11.9 Å². The standard InChI is InChI=1S/C30H40N6O4/c1-20-17-21(9-10-22(20)19-34(8)26(37)25-32-27(40-33-25)29(2,3)4)23-11-12-31-18-24(23)35-13-15-36(16-14-35)28(38)39-30(5,6)7/h9-12,17-18H,13-16,19H2,1-8H3. The number of hydrogen-bond acceptors (Lipinski definition) is 8. The van der Waals surface area contributed by atoms with Crippen LogP contribution in [0.2, 0.25) is 0 Å². The van der Waals surface area contributed by atoms with Gasteiger partial charge in [0.2, 0.25) is 5.89 Å². The maximum Gasteiger partial charge on any atom is 0.410 e. The van der Waals surface area contributed by atoms with Gasteiger partial charge in [-0.3, -0.25) is 9.78 Å². The third-order valence-electron chi connectivity index (χ3n) is 6.74. The molecule has 0 saturated carbocycles. The van der Waals surface area contributed by atoms with Crippen LogP contribution in [0.1, 0.15) is 69.2 Å². The number of ether oxygens (including phenoxy) is 1. The van der Waals surface area contributed by atoms with Crippen LogP contribution in [0, 0.1) is 6.92 Å². The summed E-state index contributed by atoms with van der Waals surface area (Å²) in [6.45, 7) is 16.5. The van der Waals surface area contributed by atoms with Crippen LogP contribution < -0.4 is 4.90 Å². The number of pyridine rings is 1. The van der Waals surface area contributed by atoms with Crippen LogP contribution in [0.25, 0.3) is 11.1 Å². The van der Waals surface area contributed by atoms with Crippen LogP contribution in [-0.4, -0.2) is 75.8 Å². The maximum absolute atomic E-state index is 12.9. The average molecular weight is 549 g/mol. The highest BCUT2D eigenvalue weighted by atomic mass is 16.6. The topological polar surface area (TPSA) is 105 Å². The van der Waals surface area contributed by atoms with Crippen molar-refractivity contribution in [2.75, 3.05) is 38.1 Å². The summed E-state index contributed by atoms with van der Waals surface area (Å²) in [6.07, 6.45) is 3.40. The summed E-state index contributed by atoms with van der Waals surface area (Å²) in [4.78, 5) is 39.7. The molecule has 0 atom stereocenters. The number of amides is 2. The van der Waals surface area contributed by atoms with Gasteiger partial charge in [0.1, 0.15) is 5.60 Å². The molecule has 4 rings (SSSR count). The van der Waals surface area contributed by atoms with Gasteiger partial charge in [0, 0.05) is 56.9 Å². The van der Waals surface area contributed by atoms with E-state index in [1.165, 1.54) is 0 Å². The van der Waals surface area contributed by atoms with Crippen molar-refractivity contribution >= 4 is 17.7 Å². The molecule has 10 nitrogen and oxygen atoms in total. The second kappa shape index (κ2) is 11.3. The summed E-state index contributed by atoms with van der Waals surface area (Å²) in [5, 5.41) is 3.89. The monoisotopic (exact) mass is 548 g/mol. The predicted octanol–water partition coefficient (Wildman–Crippen LogP) is 5.07. The molecular weight excluding hydrogens is 508 g/mol. The Hall–Kier alpha value is -3.95. The summed E-state index contributed by atoms with van der Waals surface area (Å²) >= 11 is 0. The molecule has 0 N–H and O–H groups in total. The average Bonchev–Trinajstić information content (AvgIpc) is 3.40. The Kier molecular flexibility index (Phi) is 8.18. The molecular formula is C30H40N6O4. The first-order valence-electron chi connectivity index (χ1n) is 13.6. The number of nitrogens with zero attached hydrogens (tertiary/aromatic N) is 6. The largest absolute Gasteiger partial charge is 0.444 e. The molecule has 214 valence electrons. The molecule has 3 aromatic rings. The van der Waals surface area contributed by atoms with Crippen LogP contribution in [0.4, 0.5) is 10.5 Å². The molecule has 40 heavy (non-hydrogen) atoms. The molecule has 1 aliphatic rings. The number of aryl methyl sites for hydroxylation is 1. The van der Waals surface area contributed by atoms with Crippen molar-refractivity contribution in [1.82, 2.24) is 24.9 Å². The lowest BCUT2D eigenvalue weighted by Gasteiger charge is -2.37. The zero-order valence-corrected chi connectivity index (χ0v) is 24.8. The third-order valence-corrected chi connectivity index (χ3v) is 6.74. The number of anilines is 1. The van der Waals surface area contributed by atoms with Crippen molar-refractivity contribution < 1.29 is 18.8 Å². The number of benzene rings is 1. The van der Waals surface area contributed by atoms with Crippen molar-refractivity contribution in [3.05, 3.63) is 59.5 Å². The van der Waals surface area contributed by atoms with E-state index in [4.69, 9.17) is 9.26 Å². The van der Waals surface area contributed by atoms with Gasteiger partial charge in [0.25, 0.3) is 11.7 Å². The fourth-order valence-electron chi connectivity index (χ4n) is 4.49. The van der Waals surface area contributed by atoms with E-state index in [1.807, 2.05) is 60.7 Å². The quantitative estimate of drug-likeness (QED) is 0.435. The molecule has 3 heterocycles. The smallest absolute Gasteiger partial charge is 0.410 e. The molecule has 0 radical (unpaired) electrons. The third kappa shape index (κ3) is 6.78. The molecule has 0 spiro atoms. The van der Waals surface area contributed by atoms with Gasteiger partial charge in [0.15, 0.2) is 0 Å². The zero-order valence-electron chi connectivity index (χ0n) is 24.8. The molecule has 2 amide bonds. The van der Waals surface area contributed by atoms with Crippen molar-refractivity contribution in [2.45, 2.75) is 66.0 Å². The van der Waals surface area contributed by atoms with Gasteiger partial charge >= 0.3 is 6.09 Å². The number of hydrogen-bond donors (Lipinski definition) is 0. The highest BCUT2D eigenvalue weighted by Gasteiger charge is 2.28. The van der Waals surface area contributed by atoms with Crippen LogP contribution in [-0.2, 0) is 16.7 Å². The number of rotatable bonds is 5. The molecule has 0 aliphatic carbocycles. The predicted molar refractivity (Wildman–Crippen MR) is 153 cm³/mol. The van der Waals surface area contributed by atoms with Gasteiger partial charge in [-0.05, 0) is 50.5 Å². The molecule has 1 saturated heterocycles. The summed E-state index contributed by atoms with van der Waals surface area (Å²) in [6, 6.07) is 8.27. The van der Waals surface area contributed by atoms with Crippen LogP contribution in [0.3, 0.4) is 0 Å². The minimum Gasteiger partial charge on any atom is -0.444 e. The highest BCUT2D eigenvalue weighted by Crippen LogP contribution is 2.32. The maximum atomic E-state index is 12.9. The second-order valence-corrected chi connectivity index (χ2v) is 12.3. The van der Waals surface area contributed by atoms with E-state index in [1.54, 1.807) is 23.0 Å². The van der Waals surface area contributed by atoms with Gasteiger partial charge in [-0.2, -0.15) is 4.98 Å². The van der Waals surface area contributed by atoms with E-state index in [0.717, 1.165) is 27.9 Å². The Morgan fingerprint density at radius 1 is 1.05 bits per heavy atom. The second-order valence-electron chi connectivity index (χ2n) is 12.3. The summed E-state index contributed by atoms with van der Waals surface area (Å²) in [5.41, 5.74) is 4.42. The summed E-state index contributed by atoms with van der Waals surface area (Å²) < 4.78 is 10.8. The summed E-state index contributed by atoms with van der Waals surface area (Å²) in [7, 11) is 1.74. The Morgan fingerprint density at radius 2 is 1.75 bits per heavy atom. The van der Waals surface area contributed by atoms with Crippen LogP contribution in [0.5, 0.6) is 0 Å². The number of carbonyl (C=O) groups is 2. The van der Waals surface area contributed by atoms with Crippen molar-refractivity contribution in [2.24, 2.45) is 0 Å². The highest BCUT2D eigenvalue weighted by molar-refractivity contribution is 5.90. The first-order chi connectivity index (χ1) is 18.7. The van der Waals surface area contributed by atoms with Gasteiger partial charge in [-0.25, -0.2) is 4.79 Å². The molecule has 2 aromatic heterocycles. The first kappa shape index (κ1) is 29.0. The molecule has 1 aliphatic heterocycles. The normalized spacial score (nSPS) is 14.3. The minimum absolute atomic E-state index is 0.0647. The van der Waals surface area contributed by atoms with Crippen LogP contribution >= 0.6 is 0 Å². The van der Waals surface area contributed by atoms with E-state index in [9.17, 15) is 9.59 Å². The SMILES string of the molecule is Cc1cc(-c2ccncc2N2CCN(C(=O)OC(C)(C)C)CC2)ccc1CN(C)C(=O)c1noc(C(C)(C)C)n1. The van der Waals surface area contributed by atoms with E-state index in [-0.39, 0.29) is 23.2 Å². The Labute approximate surface area is 236 Å². The Bertz CT molecular complexity index is 1360. The van der Waals surface area contributed by atoms with Crippen molar-refractivity contribution in [3.8, 4) is 11.1 Å². The Balaban J connectivity index is 1.45. The molecule has 0 unspecified atom stereocenters. The fourth-order valence-corrected chi connectivity index (χ4v) is 4.49. The van der Waals surface area contributed by atoms with Crippen molar-refractivity contribution in [3.63, 3.8) is 0 Å². The summed E-state index contributed by atoms with van der Waals surface area (Å²) in [5.74, 6) is 0.212. The van der Waals surface area contributed by atoms with E-state index >= 15 is 0 Å². The lowest BCUT2D eigenvalue weighted by Crippen LogP contribution is -2.50. The number of carbonyl (C=O) groups excluding carboxylic acids is 2. The van der Waals surface area contributed by atoms with Gasteiger partial charge in [-0.15, -0.1) is 0 Å². The van der Waals surface area contributed by atoms with E-state index in [0.29, 0.717) is 38.6 Å². The first-order valence-corrected chi connectivity index (χ1v) is 13.6. The van der Waals surface area contributed by atoms with E-state index in [2.05, 4.69) is 38.2 Å². The molecule has 10 heteroatoms. The van der Waals surface area contributed by atoms with E-state index < -0.39 is 5.60 Å². The Morgan fingerprint density at radius 3 is 2.35 bits per heavy atom. The molecule has 1 aromatic carbocycles. The molecule has 0 bridgehead atoms. The molecule has 1 fully saturated rings. The van der Waals surface area contributed by atoms with Crippen molar-refractivity contribution in [1.29, 1.82) is 0 Å². The lowest BCUT2D eigenvalue weighted by molar-refractivity contribution is 0.0240. The van der Waals surface area contributed by atoms with Crippen LogP contribution in [0.15, 0.2) is 41.2 Å². The zero-order chi connectivity index (χ0) is 29.2.